The second kappa shape index (κ2) is 8.67. The van der Waals surface area contributed by atoms with Crippen molar-refractivity contribution in [1.82, 2.24) is 14.9 Å². The number of benzene rings is 2. The van der Waals surface area contributed by atoms with Crippen LogP contribution < -0.4 is 10.2 Å². The second-order valence-corrected chi connectivity index (χ2v) is 7.82. The predicted molar refractivity (Wildman–Crippen MR) is 127 cm³/mol. The molecule has 35 heavy (non-hydrogen) atoms. The Morgan fingerprint density at radius 3 is 2.49 bits per heavy atom. The van der Waals surface area contributed by atoms with Gasteiger partial charge in [-0.3, -0.25) is 30.0 Å². The molecule has 172 valence electrons. The fraction of sp³-hybridized carbons (Fsp3) is 0.0400. The van der Waals surface area contributed by atoms with E-state index in [1.807, 2.05) is 28.8 Å². The molecule has 1 aliphatic heterocycles. The molecule has 0 bridgehead atoms. The molecule has 0 radical (unpaired) electrons. The largest absolute Gasteiger partial charge is 0.342 e. The number of amides is 4. The first-order chi connectivity index (χ1) is 16.9. The van der Waals surface area contributed by atoms with Crippen LogP contribution in [-0.4, -0.2) is 32.3 Å². The second-order valence-electron chi connectivity index (χ2n) is 7.82. The number of imide groups is 2. The summed E-state index contributed by atoms with van der Waals surface area (Å²) < 4.78 is 1.93. The number of aromatic nitrogens is 2. The van der Waals surface area contributed by atoms with Gasteiger partial charge in [0.15, 0.2) is 0 Å². The molecule has 2 aromatic heterocycles. The molecule has 1 fully saturated rings. The van der Waals surface area contributed by atoms with Crippen molar-refractivity contribution >= 4 is 46.2 Å². The number of pyridine rings is 1. The molecule has 10 nitrogen and oxygen atoms in total. The summed E-state index contributed by atoms with van der Waals surface area (Å²) >= 11 is 0. The highest BCUT2D eigenvalue weighted by Gasteiger charge is 2.37. The van der Waals surface area contributed by atoms with Crippen LogP contribution in [0.15, 0.2) is 84.8 Å². The number of para-hydroxylation sites is 1. The van der Waals surface area contributed by atoms with Gasteiger partial charge in [-0.2, -0.15) is 0 Å². The number of rotatable bonds is 5. The maximum absolute atomic E-state index is 13.2. The molecule has 3 heterocycles. The summed E-state index contributed by atoms with van der Waals surface area (Å²) in [5, 5.41) is 13.9. The third kappa shape index (κ3) is 4.04. The lowest BCUT2D eigenvalue weighted by Crippen LogP contribution is -2.54. The SMILES string of the molecule is O=C1NC(=O)N(c2cccnc2)C(=O)/C1=C/c1cn(Cc2ccc([N+](=O)[O-])cc2)c2ccccc12. The van der Waals surface area contributed by atoms with Crippen LogP contribution in [-0.2, 0) is 16.1 Å². The molecule has 2 aromatic carbocycles. The molecule has 0 spiro atoms. The van der Waals surface area contributed by atoms with Crippen molar-refractivity contribution in [2.45, 2.75) is 6.54 Å². The van der Waals surface area contributed by atoms with E-state index in [0.717, 1.165) is 21.4 Å². The molecule has 0 aliphatic carbocycles. The summed E-state index contributed by atoms with van der Waals surface area (Å²) in [5.41, 5.74) is 2.37. The highest BCUT2D eigenvalue weighted by Crippen LogP contribution is 2.27. The number of nitrogens with one attached hydrogen (secondary N) is 1. The topological polar surface area (TPSA) is 127 Å². The molecular formula is C25H17N5O5. The number of urea groups is 1. The lowest BCUT2D eigenvalue weighted by molar-refractivity contribution is -0.384. The molecule has 1 N–H and O–H groups in total. The average molecular weight is 467 g/mol. The van der Waals surface area contributed by atoms with Gasteiger partial charge in [-0.25, -0.2) is 9.69 Å². The van der Waals surface area contributed by atoms with E-state index >= 15 is 0 Å². The third-order valence-electron chi connectivity index (χ3n) is 5.63. The number of nitro benzene ring substituents is 1. The molecule has 4 aromatic rings. The van der Waals surface area contributed by atoms with Crippen LogP contribution in [0.1, 0.15) is 11.1 Å². The van der Waals surface area contributed by atoms with Gasteiger partial charge < -0.3 is 4.57 Å². The molecule has 10 heteroatoms. The van der Waals surface area contributed by atoms with E-state index in [-0.39, 0.29) is 16.9 Å². The number of nitrogens with zero attached hydrogens (tertiary/aromatic N) is 4. The summed E-state index contributed by atoms with van der Waals surface area (Å²) in [6.07, 6.45) is 6.13. The van der Waals surface area contributed by atoms with E-state index in [1.165, 1.54) is 30.6 Å². The van der Waals surface area contributed by atoms with Crippen molar-refractivity contribution in [2.75, 3.05) is 4.90 Å². The number of anilines is 1. The Labute approximate surface area is 198 Å². The monoisotopic (exact) mass is 467 g/mol. The van der Waals surface area contributed by atoms with E-state index in [4.69, 9.17) is 0 Å². The van der Waals surface area contributed by atoms with Crippen LogP contribution in [0, 0.1) is 10.1 Å². The van der Waals surface area contributed by atoms with E-state index in [9.17, 15) is 24.5 Å². The maximum atomic E-state index is 13.2. The Hall–Kier alpha value is -5.12. The van der Waals surface area contributed by atoms with E-state index < -0.39 is 22.8 Å². The lowest BCUT2D eigenvalue weighted by atomic mass is 10.1. The number of non-ortho nitro benzene ring substituents is 1. The summed E-state index contributed by atoms with van der Waals surface area (Å²) in [4.78, 5) is 53.4. The summed E-state index contributed by atoms with van der Waals surface area (Å²) in [6, 6.07) is 16.0. The van der Waals surface area contributed by atoms with Crippen molar-refractivity contribution in [1.29, 1.82) is 0 Å². The zero-order chi connectivity index (χ0) is 24.5. The number of carbonyl (C=O) groups excluding carboxylic acids is 3. The van der Waals surface area contributed by atoms with E-state index in [2.05, 4.69) is 10.3 Å². The maximum Gasteiger partial charge on any atom is 0.336 e. The van der Waals surface area contributed by atoms with Crippen molar-refractivity contribution in [3.63, 3.8) is 0 Å². The number of barbiturate groups is 1. The Balaban J connectivity index is 1.54. The number of nitro groups is 1. The Morgan fingerprint density at radius 2 is 1.77 bits per heavy atom. The molecule has 5 rings (SSSR count). The van der Waals surface area contributed by atoms with Gasteiger partial charge in [0.25, 0.3) is 17.5 Å². The highest BCUT2D eigenvalue weighted by atomic mass is 16.6. The minimum Gasteiger partial charge on any atom is -0.342 e. The predicted octanol–water partition coefficient (Wildman–Crippen LogP) is 3.66. The molecule has 0 unspecified atom stereocenters. The molecule has 4 amide bonds. The van der Waals surface area contributed by atoms with Crippen molar-refractivity contribution in [2.24, 2.45) is 0 Å². The first kappa shape index (κ1) is 21.7. The van der Waals surface area contributed by atoms with Crippen LogP contribution in [0.3, 0.4) is 0 Å². The van der Waals surface area contributed by atoms with Gasteiger partial charge >= 0.3 is 6.03 Å². The minimum atomic E-state index is -0.842. The third-order valence-corrected chi connectivity index (χ3v) is 5.63. The first-order valence-electron chi connectivity index (χ1n) is 10.5. The lowest BCUT2D eigenvalue weighted by Gasteiger charge is -2.25. The number of hydrogen-bond donors (Lipinski definition) is 1. The molecule has 0 atom stereocenters. The smallest absolute Gasteiger partial charge is 0.336 e. The number of hydrogen-bond acceptors (Lipinski definition) is 6. The fourth-order valence-electron chi connectivity index (χ4n) is 3.97. The zero-order valence-corrected chi connectivity index (χ0v) is 18.1. The number of carbonyl (C=O) groups is 3. The van der Waals surface area contributed by atoms with E-state index in [1.54, 1.807) is 30.5 Å². The van der Waals surface area contributed by atoms with E-state index in [0.29, 0.717) is 12.1 Å². The van der Waals surface area contributed by atoms with Gasteiger partial charge in [0, 0.05) is 47.5 Å². The normalized spacial score (nSPS) is 15.0. The molecule has 0 saturated carbocycles. The quantitative estimate of drug-likeness (QED) is 0.207. The van der Waals surface area contributed by atoms with Crippen LogP contribution in [0.4, 0.5) is 16.2 Å². The van der Waals surface area contributed by atoms with Crippen LogP contribution >= 0.6 is 0 Å². The summed E-state index contributed by atoms with van der Waals surface area (Å²) in [6.45, 7) is 0.419. The van der Waals surface area contributed by atoms with Crippen LogP contribution in [0.5, 0.6) is 0 Å². The Kier molecular flexibility index (Phi) is 5.38. The van der Waals surface area contributed by atoms with Crippen molar-refractivity contribution in [3.8, 4) is 0 Å². The van der Waals surface area contributed by atoms with Crippen molar-refractivity contribution < 1.29 is 19.3 Å². The van der Waals surface area contributed by atoms with Crippen LogP contribution in [0.25, 0.3) is 17.0 Å². The van der Waals surface area contributed by atoms with Gasteiger partial charge in [0.2, 0.25) is 0 Å². The zero-order valence-electron chi connectivity index (χ0n) is 18.1. The molecule has 1 aliphatic rings. The van der Waals surface area contributed by atoms with Crippen LogP contribution in [0.2, 0.25) is 0 Å². The first-order valence-corrected chi connectivity index (χ1v) is 10.5. The van der Waals surface area contributed by atoms with Gasteiger partial charge in [0.1, 0.15) is 5.57 Å². The standard InChI is InChI=1S/C25H17N5O5/c31-23-21(24(32)29(25(33)27-23)19-4-3-11-26-13-19)12-17-15-28(22-6-2-1-5-20(17)22)14-16-7-9-18(10-8-16)30(34)35/h1-13,15H,14H2,(H,27,31,33)/b21-12+. The van der Waals surface area contributed by atoms with Gasteiger partial charge in [0.05, 0.1) is 16.8 Å². The summed E-state index contributed by atoms with van der Waals surface area (Å²) in [5.74, 6) is -1.54. The van der Waals surface area contributed by atoms with Crippen molar-refractivity contribution in [3.05, 3.63) is 106 Å². The van der Waals surface area contributed by atoms with Gasteiger partial charge in [-0.05, 0) is 29.8 Å². The van der Waals surface area contributed by atoms with Gasteiger partial charge in [-0.1, -0.05) is 30.3 Å². The van der Waals surface area contributed by atoms with Gasteiger partial charge in [-0.15, -0.1) is 0 Å². The average Bonchev–Trinajstić information content (AvgIpc) is 3.20. The fourth-order valence-corrected chi connectivity index (χ4v) is 3.97. The minimum absolute atomic E-state index is 0.00563. The molecule has 1 saturated heterocycles. The number of fused-ring (bicyclic) bond motifs is 1. The Morgan fingerprint density at radius 1 is 1.00 bits per heavy atom. The Bertz CT molecular complexity index is 1520. The highest BCUT2D eigenvalue weighted by molar-refractivity contribution is 6.39. The molecular weight excluding hydrogens is 450 g/mol. The summed E-state index contributed by atoms with van der Waals surface area (Å²) in [7, 11) is 0.